The van der Waals surface area contributed by atoms with E-state index in [0.29, 0.717) is 5.75 Å². The molecule has 1 nitrogen and oxygen atoms in total. The smallest absolute Gasteiger partial charge is 0.119 e. The van der Waals surface area contributed by atoms with Gasteiger partial charge in [0.25, 0.3) is 0 Å². The van der Waals surface area contributed by atoms with Crippen molar-refractivity contribution < 1.29 is 5.11 Å². The molecular formula is C31H42O. The number of unbranched alkanes of at least 4 members (excludes halogenated alkanes) is 2. The second kappa shape index (κ2) is 15.1. The quantitative estimate of drug-likeness (QED) is 0.305. The summed E-state index contributed by atoms with van der Waals surface area (Å²) in [5, 5.41) is 12.2. The lowest BCUT2D eigenvalue weighted by molar-refractivity contribution is 0.466. The summed E-state index contributed by atoms with van der Waals surface area (Å²) in [6.07, 6.45) is 11.8. The molecule has 0 saturated carbocycles. The van der Waals surface area contributed by atoms with Gasteiger partial charge in [-0.2, -0.15) is 0 Å². The minimum absolute atomic E-state index is 0.455. The molecule has 1 heteroatoms. The van der Waals surface area contributed by atoms with Gasteiger partial charge in [-0.15, -0.1) is 0 Å². The Morgan fingerprint density at radius 2 is 1.59 bits per heavy atom. The van der Waals surface area contributed by atoms with E-state index < -0.39 is 0 Å². The molecule has 3 aromatic carbocycles. The first-order valence-corrected chi connectivity index (χ1v) is 12.0. The van der Waals surface area contributed by atoms with Crippen LogP contribution >= 0.6 is 0 Å². The van der Waals surface area contributed by atoms with E-state index in [1.807, 2.05) is 31.2 Å². The van der Waals surface area contributed by atoms with Gasteiger partial charge in [0.2, 0.25) is 0 Å². The van der Waals surface area contributed by atoms with Gasteiger partial charge in [0, 0.05) is 0 Å². The fourth-order valence-corrected chi connectivity index (χ4v) is 3.59. The van der Waals surface area contributed by atoms with Crippen molar-refractivity contribution in [3.8, 4) is 5.75 Å². The van der Waals surface area contributed by atoms with Crippen LogP contribution in [-0.2, 0) is 6.42 Å². The second-order valence-corrected chi connectivity index (χ2v) is 8.34. The van der Waals surface area contributed by atoms with Gasteiger partial charge in [-0.25, -0.2) is 0 Å². The molecule has 3 aromatic rings. The first kappa shape index (κ1) is 27.2. The Labute approximate surface area is 196 Å². The van der Waals surface area contributed by atoms with E-state index in [4.69, 9.17) is 0 Å². The van der Waals surface area contributed by atoms with Crippen LogP contribution in [0.25, 0.3) is 16.8 Å². The van der Waals surface area contributed by atoms with Crippen molar-refractivity contribution in [2.75, 3.05) is 0 Å². The van der Waals surface area contributed by atoms with Gasteiger partial charge in [-0.1, -0.05) is 107 Å². The van der Waals surface area contributed by atoms with Crippen molar-refractivity contribution in [2.24, 2.45) is 0 Å². The topological polar surface area (TPSA) is 20.2 Å². The lowest BCUT2D eigenvalue weighted by atomic mass is 9.95. The maximum atomic E-state index is 9.59. The molecule has 0 radical (unpaired) electrons. The Hall–Kier alpha value is -2.80. The van der Waals surface area contributed by atoms with E-state index in [-0.39, 0.29) is 0 Å². The molecule has 0 aliphatic heterocycles. The van der Waals surface area contributed by atoms with Crippen LogP contribution in [-0.4, -0.2) is 5.11 Å². The molecule has 0 aliphatic carbocycles. The highest BCUT2D eigenvalue weighted by Gasteiger charge is 2.04. The third-order valence-electron chi connectivity index (χ3n) is 5.26. The first-order valence-electron chi connectivity index (χ1n) is 12.0. The Morgan fingerprint density at radius 3 is 2.22 bits per heavy atom. The van der Waals surface area contributed by atoms with Gasteiger partial charge in [0.1, 0.15) is 5.75 Å². The zero-order chi connectivity index (χ0) is 23.9. The predicted molar refractivity (Wildman–Crippen MR) is 145 cm³/mol. The molecule has 0 heterocycles. The van der Waals surface area contributed by atoms with Crippen molar-refractivity contribution in [2.45, 2.75) is 73.6 Å². The molecule has 0 amide bonds. The zero-order valence-corrected chi connectivity index (χ0v) is 21.0. The standard InChI is InChI=1S/C16H16.C12H18O.C3H8/c1-4-5-9-15-12(2)11-14-8-6-7-10-16(14)13(15)3;1-3-4-5-6-11-8-7-10(2)9-12(11)13;1-3-2/h4-11H,1H2,2-3H3;7-9,13H,3-6H2,1-2H3;3H2,1-2H3/b9-5-;;. The monoisotopic (exact) mass is 430 g/mol. The van der Waals surface area contributed by atoms with Crippen LogP contribution in [0.4, 0.5) is 0 Å². The second-order valence-electron chi connectivity index (χ2n) is 8.34. The molecule has 0 bridgehead atoms. The number of benzene rings is 3. The van der Waals surface area contributed by atoms with Gasteiger partial charge in [-0.05, 0) is 78.3 Å². The van der Waals surface area contributed by atoms with Crippen LogP contribution in [0.3, 0.4) is 0 Å². The summed E-state index contributed by atoms with van der Waals surface area (Å²) in [4.78, 5) is 0. The average Bonchev–Trinajstić information content (AvgIpc) is 2.76. The van der Waals surface area contributed by atoms with Crippen molar-refractivity contribution >= 4 is 16.8 Å². The van der Waals surface area contributed by atoms with Crippen LogP contribution in [0.5, 0.6) is 5.75 Å². The van der Waals surface area contributed by atoms with Crippen molar-refractivity contribution in [1.82, 2.24) is 0 Å². The molecule has 32 heavy (non-hydrogen) atoms. The Balaban J connectivity index is 0.000000291. The maximum Gasteiger partial charge on any atom is 0.119 e. The van der Waals surface area contributed by atoms with Gasteiger partial charge < -0.3 is 5.11 Å². The molecule has 0 fully saturated rings. The molecule has 1 N–H and O–H groups in total. The Kier molecular flexibility index (Phi) is 12.8. The number of hydrogen-bond donors (Lipinski definition) is 1. The molecule has 172 valence electrons. The van der Waals surface area contributed by atoms with Crippen molar-refractivity contribution in [3.05, 3.63) is 95.1 Å². The Morgan fingerprint density at radius 1 is 0.906 bits per heavy atom. The number of rotatable bonds is 6. The zero-order valence-electron chi connectivity index (χ0n) is 21.0. The van der Waals surface area contributed by atoms with Gasteiger partial charge in [0.15, 0.2) is 0 Å². The third-order valence-corrected chi connectivity index (χ3v) is 5.26. The summed E-state index contributed by atoms with van der Waals surface area (Å²) in [7, 11) is 0. The van der Waals surface area contributed by atoms with Crippen LogP contribution in [0, 0.1) is 20.8 Å². The summed E-state index contributed by atoms with van der Waals surface area (Å²) >= 11 is 0. The molecule has 3 rings (SSSR count). The Bertz CT molecular complexity index is 995. The number of allylic oxidation sites excluding steroid dienone is 2. The van der Waals surface area contributed by atoms with Crippen molar-refractivity contribution in [3.63, 3.8) is 0 Å². The maximum absolute atomic E-state index is 9.59. The van der Waals surface area contributed by atoms with Crippen LogP contribution in [0.1, 0.15) is 74.3 Å². The molecule has 0 saturated heterocycles. The number of phenolic OH excluding ortho intramolecular Hbond substituents is 1. The largest absolute Gasteiger partial charge is 0.508 e. The van der Waals surface area contributed by atoms with E-state index in [1.54, 1.807) is 0 Å². The van der Waals surface area contributed by atoms with E-state index in [0.717, 1.165) is 17.5 Å². The summed E-state index contributed by atoms with van der Waals surface area (Å²) < 4.78 is 0. The van der Waals surface area contributed by atoms with Gasteiger partial charge in [0.05, 0.1) is 0 Å². The number of hydrogen-bond acceptors (Lipinski definition) is 1. The van der Waals surface area contributed by atoms with E-state index in [9.17, 15) is 5.11 Å². The highest BCUT2D eigenvalue weighted by molar-refractivity contribution is 5.89. The van der Waals surface area contributed by atoms with Crippen LogP contribution in [0.15, 0.2) is 67.3 Å². The summed E-state index contributed by atoms with van der Waals surface area (Å²) in [5.41, 5.74) is 6.16. The predicted octanol–water partition coefficient (Wildman–Crippen LogP) is 9.51. The normalized spacial score (nSPS) is 10.3. The van der Waals surface area contributed by atoms with Crippen molar-refractivity contribution in [1.29, 1.82) is 0 Å². The van der Waals surface area contributed by atoms with E-state index in [1.165, 1.54) is 53.1 Å². The first-order chi connectivity index (χ1) is 15.4. The summed E-state index contributed by atoms with van der Waals surface area (Å²) in [6, 6.07) is 16.7. The van der Waals surface area contributed by atoms with Gasteiger partial charge in [-0.3, -0.25) is 0 Å². The van der Waals surface area contributed by atoms with Crippen LogP contribution in [0.2, 0.25) is 0 Å². The highest BCUT2D eigenvalue weighted by atomic mass is 16.3. The summed E-state index contributed by atoms with van der Waals surface area (Å²) in [5.74, 6) is 0.455. The fraction of sp³-hybridized carbons (Fsp3) is 0.355. The molecule has 0 spiro atoms. The molecule has 0 atom stereocenters. The minimum atomic E-state index is 0.455. The number of aryl methyl sites for hydroxylation is 4. The van der Waals surface area contributed by atoms with Crippen LogP contribution < -0.4 is 0 Å². The molecule has 0 aromatic heterocycles. The molecule has 0 aliphatic rings. The number of phenols is 1. The molecule has 0 unspecified atom stereocenters. The minimum Gasteiger partial charge on any atom is -0.508 e. The highest BCUT2D eigenvalue weighted by Crippen LogP contribution is 2.26. The number of aromatic hydroxyl groups is 1. The van der Waals surface area contributed by atoms with Gasteiger partial charge >= 0.3 is 0 Å². The SMILES string of the molecule is C=C/C=C\c1c(C)cc2ccccc2c1C.CCC.CCCCCc1ccc(C)cc1O. The molecular weight excluding hydrogens is 388 g/mol. The summed E-state index contributed by atoms with van der Waals surface area (Å²) in [6.45, 7) is 16.5. The lowest BCUT2D eigenvalue weighted by Crippen LogP contribution is -1.88. The fourth-order valence-electron chi connectivity index (χ4n) is 3.59. The van der Waals surface area contributed by atoms with E-state index in [2.05, 4.69) is 83.7 Å². The average molecular weight is 431 g/mol. The number of fused-ring (bicyclic) bond motifs is 1. The lowest BCUT2D eigenvalue weighted by Gasteiger charge is -2.09. The third kappa shape index (κ3) is 8.75. The van der Waals surface area contributed by atoms with E-state index >= 15 is 0 Å².